The normalized spacial score (nSPS) is 16.1. The zero-order chi connectivity index (χ0) is 16.4. The molecule has 23 heavy (non-hydrogen) atoms. The van der Waals surface area contributed by atoms with Crippen molar-refractivity contribution in [1.82, 2.24) is 15.2 Å². The van der Waals surface area contributed by atoms with Crippen LogP contribution in [0.4, 0.5) is 0 Å². The minimum Gasteiger partial charge on any atom is -0.478 e. The van der Waals surface area contributed by atoms with E-state index in [-0.39, 0.29) is 0 Å². The molecule has 1 aliphatic heterocycles. The highest BCUT2D eigenvalue weighted by Gasteiger charge is 2.16. The van der Waals surface area contributed by atoms with Crippen molar-refractivity contribution in [2.24, 2.45) is 0 Å². The Morgan fingerprint density at radius 2 is 2.04 bits per heavy atom. The number of hydrogen-bond acceptors (Lipinski definition) is 3. The van der Waals surface area contributed by atoms with Crippen molar-refractivity contribution in [3.05, 3.63) is 34.5 Å². The van der Waals surface area contributed by atoms with E-state index in [0.29, 0.717) is 5.56 Å². The second kappa shape index (κ2) is 6.72. The van der Waals surface area contributed by atoms with Crippen LogP contribution >= 0.6 is 0 Å². The molecule has 0 radical (unpaired) electrons. The zero-order valence-corrected chi connectivity index (χ0v) is 13.9. The van der Waals surface area contributed by atoms with Crippen molar-refractivity contribution in [2.75, 3.05) is 32.7 Å². The van der Waals surface area contributed by atoms with E-state index in [1.54, 1.807) is 6.07 Å². The lowest BCUT2D eigenvalue weighted by Crippen LogP contribution is -2.43. The van der Waals surface area contributed by atoms with Gasteiger partial charge in [0.15, 0.2) is 0 Å². The van der Waals surface area contributed by atoms with Gasteiger partial charge in [0.2, 0.25) is 0 Å². The average Bonchev–Trinajstić information content (AvgIpc) is 2.96. The fourth-order valence-electron chi connectivity index (χ4n) is 3.58. The Morgan fingerprint density at radius 1 is 1.30 bits per heavy atom. The summed E-state index contributed by atoms with van der Waals surface area (Å²) in [4.78, 5) is 17.3. The molecular weight excluding hydrogens is 290 g/mol. The van der Waals surface area contributed by atoms with Gasteiger partial charge in [-0.1, -0.05) is 0 Å². The number of aromatic amines is 1. The zero-order valence-electron chi connectivity index (χ0n) is 13.9. The lowest BCUT2D eigenvalue weighted by Gasteiger charge is -2.27. The third kappa shape index (κ3) is 3.26. The van der Waals surface area contributed by atoms with E-state index in [4.69, 9.17) is 0 Å². The Morgan fingerprint density at radius 3 is 2.74 bits per heavy atom. The van der Waals surface area contributed by atoms with E-state index in [1.807, 2.05) is 20.0 Å². The van der Waals surface area contributed by atoms with Crippen LogP contribution < -0.4 is 5.32 Å². The summed E-state index contributed by atoms with van der Waals surface area (Å²) in [5, 5.41) is 13.9. The number of fused-ring (bicyclic) bond motifs is 1. The van der Waals surface area contributed by atoms with Gasteiger partial charge in [-0.25, -0.2) is 4.79 Å². The third-order valence-corrected chi connectivity index (χ3v) is 4.86. The van der Waals surface area contributed by atoms with Gasteiger partial charge in [-0.05, 0) is 56.0 Å². The quantitative estimate of drug-likeness (QED) is 0.792. The maximum atomic E-state index is 11.4. The Hall–Kier alpha value is -1.85. The summed E-state index contributed by atoms with van der Waals surface area (Å²) in [7, 11) is 0. The van der Waals surface area contributed by atoms with Crippen molar-refractivity contribution < 1.29 is 9.90 Å². The molecule has 2 heterocycles. The van der Waals surface area contributed by atoms with Gasteiger partial charge in [0.25, 0.3) is 0 Å². The van der Waals surface area contributed by atoms with E-state index in [2.05, 4.69) is 15.2 Å². The van der Waals surface area contributed by atoms with Gasteiger partial charge in [-0.3, -0.25) is 0 Å². The van der Waals surface area contributed by atoms with Gasteiger partial charge in [0, 0.05) is 43.3 Å². The van der Waals surface area contributed by atoms with Crippen LogP contribution in [0.2, 0.25) is 0 Å². The molecule has 3 rings (SSSR count). The first-order chi connectivity index (χ1) is 11.1. The first kappa shape index (κ1) is 16.0. The number of piperazine rings is 1. The van der Waals surface area contributed by atoms with Crippen molar-refractivity contribution in [3.8, 4) is 0 Å². The van der Waals surface area contributed by atoms with Crippen LogP contribution in [0.5, 0.6) is 0 Å². The number of rotatable bonds is 5. The minimum absolute atomic E-state index is 0.415. The highest BCUT2D eigenvalue weighted by atomic mass is 16.4. The fraction of sp³-hybridized carbons (Fsp3) is 0.500. The Labute approximate surface area is 136 Å². The highest BCUT2D eigenvalue weighted by molar-refractivity contribution is 5.99. The number of carboxylic acids is 1. The molecule has 2 aromatic rings. The monoisotopic (exact) mass is 315 g/mol. The van der Waals surface area contributed by atoms with Crippen LogP contribution in [0.3, 0.4) is 0 Å². The van der Waals surface area contributed by atoms with Crippen molar-refractivity contribution in [3.63, 3.8) is 0 Å². The number of nitrogens with one attached hydrogen (secondary N) is 2. The molecule has 1 aromatic carbocycles. The SMILES string of the molecule is Cc1cc(C(=O)O)c(C)c2c(CCCN3CCNCC3)c[nH]c12. The van der Waals surface area contributed by atoms with Crippen LogP contribution in [0, 0.1) is 13.8 Å². The first-order valence-corrected chi connectivity index (χ1v) is 8.34. The lowest BCUT2D eigenvalue weighted by molar-refractivity contribution is 0.0696. The van der Waals surface area contributed by atoms with Crippen LogP contribution in [0.1, 0.15) is 33.5 Å². The minimum atomic E-state index is -0.847. The molecule has 1 saturated heterocycles. The van der Waals surface area contributed by atoms with E-state index < -0.39 is 5.97 Å². The molecule has 124 valence electrons. The standard InChI is InChI=1S/C18H25N3O2/c1-12-10-15(18(22)23)13(2)16-14(11-20-17(12)16)4-3-7-21-8-5-19-6-9-21/h10-11,19-20H,3-9H2,1-2H3,(H,22,23). The molecule has 0 amide bonds. The van der Waals surface area contributed by atoms with Crippen LogP contribution in [-0.2, 0) is 6.42 Å². The largest absolute Gasteiger partial charge is 0.478 e. The van der Waals surface area contributed by atoms with E-state index in [0.717, 1.165) is 67.6 Å². The number of benzene rings is 1. The molecule has 0 unspecified atom stereocenters. The van der Waals surface area contributed by atoms with E-state index in [1.165, 1.54) is 5.56 Å². The second-order valence-corrected chi connectivity index (χ2v) is 6.43. The van der Waals surface area contributed by atoms with Crippen LogP contribution in [0.15, 0.2) is 12.3 Å². The molecule has 0 aliphatic carbocycles. The number of H-pyrrole nitrogens is 1. The predicted octanol–water partition coefficient (Wildman–Crippen LogP) is 2.32. The van der Waals surface area contributed by atoms with E-state index >= 15 is 0 Å². The maximum Gasteiger partial charge on any atom is 0.335 e. The summed E-state index contributed by atoms with van der Waals surface area (Å²) in [6.07, 6.45) is 4.13. The molecule has 3 N–H and O–H groups in total. The summed E-state index contributed by atoms with van der Waals surface area (Å²) in [5.41, 5.74) is 4.59. The molecule has 0 saturated carbocycles. The van der Waals surface area contributed by atoms with Gasteiger partial charge in [0.05, 0.1) is 5.56 Å². The number of nitrogens with zero attached hydrogens (tertiary/aromatic N) is 1. The topological polar surface area (TPSA) is 68.4 Å². The van der Waals surface area contributed by atoms with Gasteiger partial charge in [-0.15, -0.1) is 0 Å². The Kier molecular flexibility index (Phi) is 4.68. The van der Waals surface area contributed by atoms with Gasteiger partial charge >= 0.3 is 5.97 Å². The lowest BCUT2D eigenvalue weighted by atomic mass is 9.96. The Balaban J connectivity index is 1.79. The van der Waals surface area contributed by atoms with Gasteiger partial charge < -0.3 is 20.3 Å². The first-order valence-electron chi connectivity index (χ1n) is 8.34. The smallest absolute Gasteiger partial charge is 0.335 e. The molecular formula is C18H25N3O2. The fourth-order valence-corrected chi connectivity index (χ4v) is 3.58. The molecule has 1 aliphatic rings. The van der Waals surface area contributed by atoms with Gasteiger partial charge in [-0.2, -0.15) is 0 Å². The van der Waals surface area contributed by atoms with Crippen molar-refractivity contribution in [2.45, 2.75) is 26.7 Å². The summed E-state index contributed by atoms with van der Waals surface area (Å²) in [5.74, 6) is -0.847. The Bertz CT molecular complexity index is 715. The summed E-state index contributed by atoms with van der Waals surface area (Å²) in [6.45, 7) is 9.38. The molecule has 5 heteroatoms. The van der Waals surface area contributed by atoms with E-state index in [9.17, 15) is 9.90 Å². The molecule has 0 atom stereocenters. The molecule has 1 fully saturated rings. The predicted molar refractivity (Wildman–Crippen MR) is 92.4 cm³/mol. The molecule has 0 spiro atoms. The van der Waals surface area contributed by atoms with Crippen molar-refractivity contribution >= 4 is 16.9 Å². The number of hydrogen-bond donors (Lipinski definition) is 3. The highest BCUT2D eigenvalue weighted by Crippen LogP contribution is 2.29. The summed E-state index contributed by atoms with van der Waals surface area (Å²) in [6, 6.07) is 1.76. The molecule has 1 aromatic heterocycles. The second-order valence-electron chi connectivity index (χ2n) is 6.43. The summed E-state index contributed by atoms with van der Waals surface area (Å²) < 4.78 is 0. The number of carbonyl (C=O) groups is 1. The van der Waals surface area contributed by atoms with Gasteiger partial charge in [0.1, 0.15) is 0 Å². The van der Waals surface area contributed by atoms with Crippen LogP contribution in [0.25, 0.3) is 10.9 Å². The third-order valence-electron chi connectivity index (χ3n) is 4.86. The van der Waals surface area contributed by atoms with Crippen LogP contribution in [-0.4, -0.2) is 53.7 Å². The number of carboxylic acid groups (broad SMARTS) is 1. The molecule has 0 bridgehead atoms. The number of aromatic nitrogens is 1. The number of aryl methyl sites for hydroxylation is 3. The number of aromatic carboxylic acids is 1. The average molecular weight is 315 g/mol. The van der Waals surface area contributed by atoms with Crippen molar-refractivity contribution in [1.29, 1.82) is 0 Å². The summed E-state index contributed by atoms with van der Waals surface area (Å²) >= 11 is 0. The maximum absolute atomic E-state index is 11.4. The molecule has 5 nitrogen and oxygen atoms in total.